The van der Waals surface area contributed by atoms with Gasteiger partial charge in [-0.15, -0.1) is 11.3 Å². The van der Waals surface area contributed by atoms with E-state index in [0.717, 1.165) is 62.1 Å². The second-order valence-electron chi connectivity index (χ2n) is 8.86. The summed E-state index contributed by atoms with van der Waals surface area (Å²) in [7, 11) is -3.36. The van der Waals surface area contributed by atoms with Gasteiger partial charge >= 0.3 is 0 Å². The average Bonchev–Trinajstić information content (AvgIpc) is 3.17. The SMILES string of the molecule is CC[C@H]1CN(c2ncc(NS(C)(=O)=O)cc2Cl)CCN1C1CCN(Cc2ccc(Cl)s2)CC1. The van der Waals surface area contributed by atoms with Gasteiger partial charge in [-0.3, -0.25) is 14.5 Å². The summed E-state index contributed by atoms with van der Waals surface area (Å²) in [6, 6.07) is 6.79. The van der Waals surface area contributed by atoms with Crippen LogP contribution < -0.4 is 9.62 Å². The quantitative estimate of drug-likeness (QED) is 0.571. The summed E-state index contributed by atoms with van der Waals surface area (Å²) in [6.07, 6.45) is 6.07. The molecular weight excluding hydrogens is 501 g/mol. The highest BCUT2D eigenvalue weighted by molar-refractivity contribution is 7.92. The number of sulfonamides is 1. The molecule has 1 N–H and O–H groups in total. The van der Waals surface area contributed by atoms with E-state index in [9.17, 15) is 8.42 Å². The molecule has 0 radical (unpaired) electrons. The number of halogens is 2. The number of piperazine rings is 1. The van der Waals surface area contributed by atoms with Crippen molar-refractivity contribution in [2.24, 2.45) is 0 Å². The van der Waals surface area contributed by atoms with Crippen LogP contribution >= 0.6 is 34.5 Å². The van der Waals surface area contributed by atoms with E-state index >= 15 is 0 Å². The number of nitrogens with one attached hydrogen (secondary N) is 1. The van der Waals surface area contributed by atoms with Crippen molar-refractivity contribution in [3.05, 3.63) is 38.6 Å². The van der Waals surface area contributed by atoms with E-state index in [4.69, 9.17) is 23.2 Å². The summed E-state index contributed by atoms with van der Waals surface area (Å²) in [4.78, 5) is 13.3. The molecule has 2 saturated heterocycles. The van der Waals surface area contributed by atoms with Crippen LogP contribution in [-0.4, -0.2) is 74.3 Å². The molecule has 11 heteroatoms. The van der Waals surface area contributed by atoms with Gasteiger partial charge in [0.1, 0.15) is 5.82 Å². The van der Waals surface area contributed by atoms with Crippen molar-refractivity contribution in [2.75, 3.05) is 48.6 Å². The van der Waals surface area contributed by atoms with E-state index < -0.39 is 10.0 Å². The zero-order valence-corrected chi connectivity index (χ0v) is 22.2. The average molecular weight is 533 g/mol. The van der Waals surface area contributed by atoms with Gasteiger partial charge in [-0.2, -0.15) is 0 Å². The monoisotopic (exact) mass is 531 g/mol. The van der Waals surface area contributed by atoms with Crippen LogP contribution in [0.5, 0.6) is 0 Å². The number of likely N-dealkylation sites (tertiary alicyclic amines) is 1. The highest BCUT2D eigenvalue weighted by Crippen LogP contribution is 2.31. The van der Waals surface area contributed by atoms with E-state index in [1.165, 1.54) is 23.9 Å². The van der Waals surface area contributed by atoms with Gasteiger partial charge in [0, 0.05) is 56.2 Å². The number of nitrogens with zero attached hydrogens (tertiary/aromatic N) is 4. The molecule has 2 aliphatic heterocycles. The fraction of sp³-hybridized carbons (Fsp3) is 0.591. The Hall–Kier alpha value is -1.10. The standard InChI is InChI=1S/C22H31Cl2N5O2S2/c1-3-17-14-28(22-20(23)12-16(13-25-22)26-33(2,30)31)10-11-29(17)18-6-8-27(9-7-18)15-19-4-5-21(24)32-19/h4-5,12-13,17-18,26H,3,6-11,14-15H2,1-2H3/t17-/m0/s1. The summed E-state index contributed by atoms with van der Waals surface area (Å²) in [5.74, 6) is 0.721. The Morgan fingerprint density at radius 2 is 1.94 bits per heavy atom. The first kappa shape index (κ1) is 25.0. The van der Waals surface area contributed by atoms with E-state index in [0.29, 0.717) is 22.8 Å². The Morgan fingerprint density at radius 3 is 2.55 bits per heavy atom. The molecule has 1 atom stereocenters. The van der Waals surface area contributed by atoms with Gasteiger partial charge in [0.25, 0.3) is 0 Å². The van der Waals surface area contributed by atoms with E-state index in [1.807, 2.05) is 6.07 Å². The summed E-state index contributed by atoms with van der Waals surface area (Å²) < 4.78 is 26.2. The minimum Gasteiger partial charge on any atom is -0.353 e. The van der Waals surface area contributed by atoms with Gasteiger partial charge in [-0.25, -0.2) is 13.4 Å². The molecule has 2 aromatic rings. The van der Waals surface area contributed by atoms with Gasteiger partial charge in [0.05, 0.1) is 27.5 Å². The molecule has 0 aliphatic carbocycles. The van der Waals surface area contributed by atoms with Crippen molar-refractivity contribution in [3.8, 4) is 0 Å². The predicted molar refractivity (Wildman–Crippen MR) is 138 cm³/mol. The van der Waals surface area contributed by atoms with Gasteiger partial charge < -0.3 is 4.90 Å². The fourth-order valence-corrected chi connectivity index (χ4v) is 6.86. The maximum absolute atomic E-state index is 11.5. The minimum absolute atomic E-state index is 0.383. The van der Waals surface area contributed by atoms with Crippen LogP contribution in [-0.2, 0) is 16.6 Å². The van der Waals surface area contributed by atoms with Crippen molar-refractivity contribution in [1.82, 2.24) is 14.8 Å². The zero-order valence-electron chi connectivity index (χ0n) is 19.0. The predicted octanol–water partition coefficient (Wildman–Crippen LogP) is 4.39. The lowest BCUT2D eigenvalue weighted by Crippen LogP contribution is -2.58. The molecule has 4 rings (SSSR count). The second kappa shape index (κ2) is 10.7. The molecule has 0 aromatic carbocycles. The highest BCUT2D eigenvalue weighted by atomic mass is 35.5. The maximum atomic E-state index is 11.5. The molecule has 4 heterocycles. The first-order chi connectivity index (χ1) is 15.7. The van der Waals surface area contributed by atoms with Crippen LogP contribution in [0.25, 0.3) is 0 Å². The summed E-state index contributed by atoms with van der Waals surface area (Å²) in [5, 5.41) is 0.467. The normalized spacial score (nSPS) is 21.5. The first-order valence-electron chi connectivity index (χ1n) is 11.3. The van der Waals surface area contributed by atoms with E-state index in [2.05, 4.69) is 37.4 Å². The molecule has 0 bridgehead atoms. The first-order valence-corrected chi connectivity index (χ1v) is 14.8. The van der Waals surface area contributed by atoms with Gasteiger partial charge in [0.2, 0.25) is 10.0 Å². The van der Waals surface area contributed by atoms with Gasteiger partial charge in [-0.05, 0) is 37.5 Å². The van der Waals surface area contributed by atoms with Crippen LogP contribution in [0.2, 0.25) is 9.36 Å². The number of hydrogen-bond acceptors (Lipinski definition) is 7. The largest absolute Gasteiger partial charge is 0.353 e. The molecule has 33 heavy (non-hydrogen) atoms. The van der Waals surface area contributed by atoms with Crippen molar-refractivity contribution in [3.63, 3.8) is 0 Å². The fourth-order valence-electron chi connectivity index (χ4n) is 4.91. The van der Waals surface area contributed by atoms with Crippen LogP contribution in [0.3, 0.4) is 0 Å². The molecule has 182 valence electrons. The van der Waals surface area contributed by atoms with Crippen molar-refractivity contribution >= 4 is 56.1 Å². The van der Waals surface area contributed by atoms with E-state index in [1.54, 1.807) is 17.4 Å². The Bertz CT molecular complexity index is 1060. The smallest absolute Gasteiger partial charge is 0.229 e. The third kappa shape index (κ3) is 6.52. The van der Waals surface area contributed by atoms with Crippen molar-refractivity contribution in [1.29, 1.82) is 0 Å². The lowest BCUT2D eigenvalue weighted by molar-refractivity contribution is 0.0613. The second-order valence-corrected chi connectivity index (χ2v) is 12.8. The Morgan fingerprint density at radius 1 is 1.18 bits per heavy atom. The summed E-state index contributed by atoms with van der Waals surface area (Å²) in [5.41, 5.74) is 0.383. The third-order valence-corrected chi connectivity index (χ3v) is 8.56. The molecule has 0 amide bonds. The Balaban J connectivity index is 1.34. The molecule has 0 saturated carbocycles. The Kier molecular flexibility index (Phi) is 8.08. The molecule has 0 spiro atoms. The number of thiophene rings is 1. The summed E-state index contributed by atoms with van der Waals surface area (Å²) >= 11 is 14.2. The number of hydrogen-bond donors (Lipinski definition) is 1. The lowest BCUT2D eigenvalue weighted by atomic mass is 9.98. The molecule has 2 aromatic heterocycles. The number of pyridine rings is 1. The molecule has 2 fully saturated rings. The number of aromatic nitrogens is 1. The number of rotatable bonds is 7. The van der Waals surface area contributed by atoms with Crippen LogP contribution in [0.15, 0.2) is 24.4 Å². The third-order valence-electron chi connectivity index (χ3n) is 6.46. The zero-order chi connectivity index (χ0) is 23.6. The lowest BCUT2D eigenvalue weighted by Gasteiger charge is -2.47. The minimum atomic E-state index is -3.36. The van der Waals surface area contributed by atoms with Crippen LogP contribution in [0, 0.1) is 0 Å². The summed E-state index contributed by atoms with van der Waals surface area (Å²) in [6.45, 7) is 8.16. The van der Waals surface area contributed by atoms with Crippen molar-refractivity contribution in [2.45, 2.75) is 44.8 Å². The van der Waals surface area contributed by atoms with Gasteiger partial charge in [-0.1, -0.05) is 30.1 Å². The molecule has 7 nitrogen and oxygen atoms in total. The molecule has 2 aliphatic rings. The van der Waals surface area contributed by atoms with Crippen LogP contribution in [0.4, 0.5) is 11.5 Å². The number of anilines is 2. The number of piperidine rings is 1. The molecule has 0 unspecified atom stereocenters. The van der Waals surface area contributed by atoms with Crippen LogP contribution in [0.1, 0.15) is 31.1 Å². The van der Waals surface area contributed by atoms with Gasteiger partial charge in [0.15, 0.2) is 0 Å². The van der Waals surface area contributed by atoms with Crippen molar-refractivity contribution < 1.29 is 8.42 Å². The highest BCUT2D eigenvalue weighted by Gasteiger charge is 2.34. The maximum Gasteiger partial charge on any atom is 0.229 e. The van der Waals surface area contributed by atoms with E-state index in [-0.39, 0.29) is 0 Å². The Labute approximate surface area is 210 Å². The topological polar surface area (TPSA) is 68.8 Å². The molecular formula is C22H31Cl2N5O2S2.